The third-order valence-electron chi connectivity index (χ3n) is 3.40. The minimum absolute atomic E-state index is 0.00833. The molecular weight excluding hydrogens is 226 g/mol. The van der Waals surface area contributed by atoms with Gasteiger partial charge in [0.15, 0.2) is 0 Å². The zero-order valence-corrected chi connectivity index (χ0v) is 11.1. The second kappa shape index (κ2) is 6.45. The number of alkyl halides is 1. The smallest absolute Gasteiger partial charge is 0.226 e. The number of hydrogen-bond donors (Lipinski definition) is 1. The monoisotopic (exact) mass is 247 g/mol. The van der Waals surface area contributed by atoms with E-state index in [2.05, 4.69) is 12.2 Å². The standard InChI is InChI=1S/C12H22ClNO2/c1-8-9(2)16-10(3)11(8)12(15)14-7-5-4-6-13/h8-11H,4-7H2,1-3H3,(H,14,15). The second-order valence-electron chi connectivity index (χ2n) is 4.62. The quantitative estimate of drug-likeness (QED) is 0.597. The van der Waals surface area contributed by atoms with Gasteiger partial charge in [0.1, 0.15) is 0 Å². The first-order valence-electron chi connectivity index (χ1n) is 6.07. The zero-order valence-electron chi connectivity index (χ0n) is 10.3. The maximum absolute atomic E-state index is 12.0. The fraction of sp³-hybridized carbons (Fsp3) is 0.917. The highest BCUT2D eigenvalue weighted by Gasteiger charge is 2.41. The molecule has 1 saturated heterocycles. The highest BCUT2D eigenvalue weighted by atomic mass is 35.5. The van der Waals surface area contributed by atoms with Gasteiger partial charge in [-0.3, -0.25) is 4.79 Å². The molecule has 0 aromatic carbocycles. The van der Waals surface area contributed by atoms with Crippen LogP contribution in [0.5, 0.6) is 0 Å². The Morgan fingerprint density at radius 3 is 2.44 bits per heavy atom. The summed E-state index contributed by atoms with van der Waals surface area (Å²) in [6.45, 7) is 6.80. The van der Waals surface area contributed by atoms with Crippen LogP contribution in [0.3, 0.4) is 0 Å². The van der Waals surface area contributed by atoms with Gasteiger partial charge in [0.05, 0.1) is 18.1 Å². The number of unbranched alkanes of at least 4 members (excludes halogenated alkanes) is 1. The molecule has 1 N–H and O–H groups in total. The maximum Gasteiger partial charge on any atom is 0.226 e. The lowest BCUT2D eigenvalue weighted by Gasteiger charge is -2.17. The number of halogens is 1. The van der Waals surface area contributed by atoms with E-state index in [0.29, 0.717) is 11.8 Å². The Hall–Kier alpha value is -0.280. The van der Waals surface area contributed by atoms with E-state index in [9.17, 15) is 4.79 Å². The molecule has 4 heteroatoms. The summed E-state index contributed by atoms with van der Waals surface area (Å²) < 4.78 is 5.65. The van der Waals surface area contributed by atoms with Gasteiger partial charge in [0.2, 0.25) is 5.91 Å². The fourth-order valence-electron chi connectivity index (χ4n) is 2.27. The average Bonchev–Trinajstić information content (AvgIpc) is 2.48. The van der Waals surface area contributed by atoms with Crippen LogP contribution < -0.4 is 5.32 Å². The molecule has 0 spiro atoms. The van der Waals surface area contributed by atoms with Crippen molar-refractivity contribution in [3.8, 4) is 0 Å². The molecular formula is C12H22ClNO2. The van der Waals surface area contributed by atoms with Crippen molar-refractivity contribution in [2.45, 2.75) is 45.8 Å². The van der Waals surface area contributed by atoms with Crippen molar-refractivity contribution >= 4 is 17.5 Å². The summed E-state index contributed by atoms with van der Waals surface area (Å²) in [5.41, 5.74) is 0. The van der Waals surface area contributed by atoms with E-state index in [1.54, 1.807) is 0 Å². The molecule has 0 aromatic heterocycles. The zero-order chi connectivity index (χ0) is 12.1. The number of rotatable bonds is 5. The van der Waals surface area contributed by atoms with Gasteiger partial charge in [0, 0.05) is 12.4 Å². The van der Waals surface area contributed by atoms with Crippen LogP contribution in [-0.2, 0) is 9.53 Å². The van der Waals surface area contributed by atoms with Crippen molar-refractivity contribution in [3.05, 3.63) is 0 Å². The van der Waals surface area contributed by atoms with E-state index in [0.717, 1.165) is 19.4 Å². The SMILES string of the molecule is CC1OC(C)C(C(=O)NCCCCCl)C1C. The van der Waals surface area contributed by atoms with E-state index in [-0.39, 0.29) is 24.0 Å². The van der Waals surface area contributed by atoms with Gasteiger partial charge in [-0.25, -0.2) is 0 Å². The molecule has 0 bridgehead atoms. The lowest BCUT2D eigenvalue weighted by molar-refractivity contribution is -0.127. The average molecular weight is 248 g/mol. The molecule has 3 nitrogen and oxygen atoms in total. The third-order valence-corrected chi connectivity index (χ3v) is 3.67. The van der Waals surface area contributed by atoms with E-state index in [1.165, 1.54) is 0 Å². The normalized spacial score (nSPS) is 34.0. The van der Waals surface area contributed by atoms with Crippen LogP contribution in [0.25, 0.3) is 0 Å². The van der Waals surface area contributed by atoms with Crippen molar-refractivity contribution in [1.82, 2.24) is 5.32 Å². The number of ether oxygens (including phenoxy) is 1. The molecule has 1 rings (SSSR count). The van der Waals surface area contributed by atoms with Gasteiger partial charge in [-0.15, -0.1) is 11.6 Å². The first-order valence-corrected chi connectivity index (χ1v) is 6.60. The summed E-state index contributed by atoms with van der Waals surface area (Å²) in [4.78, 5) is 12.0. The Labute approximate surface area is 103 Å². The summed E-state index contributed by atoms with van der Waals surface area (Å²) in [5.74, 6) is 1.07. The summed E-state index contributed by atoms with van der Waals surface area (Å²) in [6.07, 6.45) is 2.10. The molecule has 1 aliphatic heterocycles. The lowest BCUT2D eigenvalue weighted by Crippen LogP contribution is -2.37. The van der Waals surface area contributed by atoms with Crippen LogP contribution in [0.1, 0.15) is 33.6 Å². The Kier molecular flexibility index (Phi) is 5.56. The molecule has 0 aliphatic carbocycles. The van der Waals surface area contributed by atoms with E-state index < -0.39 is 0 Å². The molecule has 0 aromatic rings. The van der Waals surface area contributed by atoms with Crippen LogP contribution in [0.4, 0.5) is 0 Å². The summed E-state index contributed by atoms with van der Waals surface area (Å²) in [7, 11) is 0. The first-order chi connectivity index (χ1) is 7.57. The van der Waals surface area contributed by atoms with Crippen LogP contribution in [-0.4, -0.2) is 30.5 Å². The van der Waals surface area contributed by atoms with Crippen LogP contribution in [0, 0.1) is 11.8 Å². The van der Waals surface area contributed by atoms with Crippen LogP contribution >= 0.6 is 11.6 Å². The van der Waals surface area contributed by atoms with Crippen molar-refractivity contribution in [2.24, 2.45) is 11.8 Å². The van der Waals surface area contributed by atoms with Crippen molar-refractivity contribution in [1.29, 1.82) is 0 Å². The largest absolute Gasteiger partial charge is 0.374 e. The summed E-state index contributed by atoms with van der Waals surface area (Å²) in [6, 6.07) is 0. The minimum Gasteiger partial charge on any atom is -0.374 e. The van der Waals surface area contributed by atoms with Crippen molar-refractivity contribution in [2.75, 3.05) is 12.4 Å². The van der Waals surface area contributed by atoms with Crippen LogP contribution in [0.15, 0.2) is 0 Å². The van der Waals surface area contributed by atoms with Gasteiger partial charge in [-0.1, -0.05) is 6.92 Å². The number of nitrogens with one attached hydrogen (secondary N) is 1. The van der Waals surface area contributed by atoms with Gasteiger partial charge >= 0.3 is 0 Å². The highest BCUT2D eigenvalue weighted by Crippen LogP contribution is 2.32. The molecule has 4 unspecified atom stereocenters. The first kappa shape index (κ1) is 13.8. The number of hydrogen-bond acceptors (Lipinski definition) is 2. The minimum atomic E-state index is -0.00833. The van der Waals surface area contributed by atoms with Gasteiger partial charge in [-0.2, -0.15) is 0 Å². The molecule has 1 heterocycles. The summed E-state index contributed by atoms with van der Waals surface area (Å²) >= 11 is 5.58. The van der Waals surface area contributed by atoms with Gasteiger partial charge in [0.25, 0.3) is 0 Å². The van der Waals surface area contributed by atoms with Crippen LogP contribution in [0.2, 0.25) is 0 Å². The molecule has 16 heavy (non-hydrogen) atoms. The molecule has 0 saturated carbocycles. The van der Waals surface area contributed by atoms with Gasteiger partial charge < -0.3 is 10.1 Å². The molecule has 1 aliphatic rings. The Morgan fingerprint density at radius 1 is 1.25 bits per heavy atom. The Balaban J connectivity index is 2.35. The molecule has 0 radical (unpaired) electrons. The Morgan fingerprint density at radius 2 is 1.94 bits per heavy atom. The van der Waals surface area contributed by atoms with Crippen molar-refractivity contribution < 1.29 is 9.53 Å². The topological polar surface area (TPSA) is 38.3 Å². The fourth-order valence-corrected chi connectivity index (χ4v) is 2.46. The Bertz CT molecular complexity index is 235. The predicted molar refractivity (Wildman–Crippen MR) is 65.6 cm³/mol. The molecule has 4 atom stereocenters. The summed E-state index contributed by atoms with van der Waals surface area (Å²) in [5, 5.41) is 2.96. The number of carbonyl (C=O) groups excluding carboxylic acids is 1. The van der Waals surface area contributed by atoms with E-state index in [4.69, 9.17) is 16.3 Å². The number of amides is 1. The van der Waals surface area contributed by atoms with Crippen molar-refractivity contribution in [3.63, 3.8) is 0 Å². The second-order valence-corrected chi connectivity index (χ2v) is 5.00. The van der Waals surface area contributed by atoms with E-state index >= 15 is 0 Å². The maximum atomic E-state index is 12.0. The van der Waals surface area contributed by atoms with E-state index in [1.807, 2.05) is 13.8 Å². The predicted octanol–water partition coefficient (Wildman–Crippen LogP) is 2.18. The van der Waals surface area contributed by atoms with Gasteiger partial charge in [-0.05, 0) is 32.6 Å². The third kappa shape index (κ3) is 3.36. The molecule has 1 amide bonds. The number of carbonyl (C=O) groups is 1. The lowest BCUT2D eigenvalue weighted by atomic mass is 9.89. The molecule has 1 fully saturated rings. The molecule has 94 valence electrons. The highest BCUT2D eigenvalue weighted by molar-refractivity contribution is 6.17.